The lowest BCUT2D eigenvalue weighted by atomic mass is 9.97. The Morgan fingerprint density at radius 3 is 2.42 bits per heavy atom. The van der Waals surface area contributed by atoms with Gasteiger partial charge in [-0.05, 0) is 60.7 Å². The second kappa shape index (κ2) is 8.99. The number of nitrogens with zero attached hydrogens (tertiary/aromatic N) is 1. The van der Waals surface area contributed by atoms with Crippen LogP contribution < -0.4 is 4.31 Å². The number of rotatable bonds is 5. The zero-order chi connectivity index (χ0) is 21.8. The van der Waals surface area contributed by atoms with Gasteiger partial charge in [-0.25, -0.2) is 8.42 Å². The van der Waals surface area contributed by atoms with E-state index < -0.39 is 10.0 Å². The number of unbranched alkanes of at least 4 members (excludes halogenated alkanes) is 2. The first-order chi connectivity index (χ1) is 15.0. The van der Waals surface area contributed by atoms with E-state index in [-0.39, 0.29) is 0 Å². The lowest BCUT2D eigenvalue weighted by Gasteiger charge is -2.21. The van der Waals surface area contributed by atoms with Crippen LogP contribution in [0.25, 0.3) is 11.1 Å². The average Bonchev–Trinajstić information content (AvgIpc) is 3.22. The molecule has 3 nitrogen and oxygen atoms in total. The summed E-state index contributed by atoms with van der Waals surface area (Å²) in [4.78, 5) is 0.326. The van der Waals surface area contributed by atoms with Crippen LogP contribution in [0.1, 0.15) is 42.9 Å². The number of hydrogen-bond acceptors (Lipinski definition) is 2. The summed E-state index contributed by atoms with van der Waals surface area (Å²) in [6, 6.07) is 21.2. The molecular weight excluding hydrogens is 402 g/mol. The fourth-order valence-corrected chi connectivity index (χ4v) is 5.38. The van der Waals surface area contributed by atoms with E-state index in [0.717, 1.165) is 52.8 Å². The summed E-state index contributed by atoms with van der Waals surface area (Å²) in [5.41, 5.74) is 5.80. The zero-order valence-corrected chi connectivity index (χ0v) is 18.9. The van der Waals surface area contributed by atoms with Gasteiger partial charge in [-0.2, -0.15) is 0 Å². The summed E-state index contributed by atoms with van der Waals surface area (Å²) < 4.78 is 28.5. The van der Waals surface area contributed by atoms with Gasteiger partial charge < -0.3 is 0 Å². The van der Waals surface area contributed by atoms with Gasteiger partial charge >= 0.3 is 0 Å². The van der Waals surface area contributed by atoms with Crippen LogP contribution in [0.15, 0.2) is 71.6 Å². The van der Waals surface area contributed by atoms with E-state index in [9.17, 15) is 8.42 Å². The molecule has 0 aromatic heterocycles. The molecule has 0 atom stereocenters. The highest BCUT2D eigenvalue weighted by atomic mass is 32.2. The third kappa shape index (κ3) is 4.38. The molecule has 1 aliphatic rings. The first-order valence-electron chi connectivity index (χ1n) is 10.8. The molecule has 0 N–H and O–H groups in total. The van der Waals surface area contributed by atoms with Crippen molar-refractivity contribution in [1.29, 1.82) is 0 Å². The molecule has 4 rings (SSSR count). The van der Waals surface area contributed by atoms with Crippen LogP contribution in [-0.4, -0.2) is 15.0 Å². The maximum Gasteiger partial charge on any atom is 0.264 e. The first kappa shape index (κ1) is 21.2. The molecule has 1 heterocycles. The SMILES string of the molecule is CCCCC#Cc1cc(-c2ccccc2)cc2c1CCN2S(=O)(=O)c1ccc(C)cc1. The van der Waals surface area contributed by atoms with Gasteiger partial charge in [0.25, 0.3) is 10.0 Å². The van der Waals surface area contributed by atoms with Gasteiger partial charge in [0, 0.05) is 18.5 Å². The number of sulfonamides is 1. The normalized spacial score (nSPS) is 12.9. The Morgan fingerprint density at radius 2 is 1.71 bits per heavy atom. The molecule has 31 heavy (non-hydrogen) atoms. The van der Waals surface area contributed by atoms with Crippen LogP contribution >= 0.6 is 0 Å². The summed E-state index contributed by atoms with van der Waals surface area (Å²) in [6.45, 7) is 4.55. The van der Waals surface area contributed by atoms with E-state index in [1.54, 1.807) is 16.4 Å². The Bertz CT molecular complexity index is 1230. The highest BCUT2D eigenvalue weighted by Gasteiger charge is 2.32. The topological polar surface area (TPSA) is 37.4 Å². The third-order valence-electron chi connectivity index (χ3n) is 5.65. The van der Waals surface area contributed by atoms with Crippen LogP contribution in [0.5, 0.6) is 0 Å². The molecule has 0 unspecified atom stereocenters. The van der Waals surface area contributed by atoms with E-state index in [4.69, 9.17) is 0 Å². The van der Waals surface area contributed by atoms with Crippen molar-refractivity contribution in [2.75, 3.05) is 10.8 Å². The van der Waals surface area contributed by atoms with Gasteiger partial charge in [-0.15, -0.1) is 0 Å². The molecular formula is C27H27NO2S. The van der Waals surface area contributed by atoms with Crippen LogP contribution in [0.4, 0.5) is 5.69 Å². The van der Waals surface area contributed by atoms with Crippen LogP contribution in [0, 0.1) is 18.8 Å². The molecule has 0 radical (unpaired) electrons. The highest BCUT2D eigenvalue weighted by Crippen LogP contribution is 2.38. The van der Waals surface area contributed by atoms with Gasteiger partial charge in [-0.3, -0.25) is 4.31 Å². The molecule has 3 aromatic rings. The lowest BCUT2D eigenvalue weighted by molar-refractivity contribution is 0.592. The third-order valence-corrected chi connectivity index (χ3v) is 7.48. The van der Waals surface area contributed by atoms with Crippen LogP contribution in [-0.2, 0) is 16.4 Å². The van der Waals surface area contributed by atoms with Gasteiger partial charge in [0.1, 0.15) is 0 Å². The summed E-state index contributed by atoms with van der Waals surface area (Å²) >= 11 is 0. The van der Waals surface area contributed by atoms with Crippen molar-refractivity contribution in [1.82, 2.24) is 0 Å². The van der Waals surface area contributed by atoms with Gasteiger partial charge in [0.05, 0.1) is 10.6 Å². The molecule has 4 heteroatoms. The van der Waals surface area contributed by atoms with Gasteiger partial charge in [0.15, 0.2) is 0 Å². The first-order valence-corrected chi connectivity index (χ1v) is 12.3. The fraction of sp³-hybridized carbons (Fsp3) is 0.259. The van der Waals surface area contributed by atoms with Crippen molar-refractivity contribution < 1.29 is 8.42 Å². The maximum absolute atomic E-state index is 13.5. The van der Waals surface area contributed by atoms with E-state index in [1.165, 1.54) is 0 Å². The van der Waals surface area contributed by atoms with Crippen molar-refractivity contribution in [3.8, 4) is 23.0 Å². The molecule has 0 amide bonds. The Kier molecular flexibility index (Phi) is 6.15. The summed E-state index contributed by atoms with van der Waals surface area (Å²) in [5, 5.41) is 0. The predicted molar refractivity (Wildman–Crippen MR) is 128 cm³/mol. The van der Waals surface area contributed by atoms with E-state index in [0.29, 0.717) is 17.9 Å². The molecule has 0 spiro atoms. The number of benzene rings is 3. The molecule has 158 valence electrons. The number of anilines is 1. The molecule has 0 aliphatic carbocycles. The summed E-state index contributed by atoms with van der Waals surface area (Å²) in [7, 11) is -3.63. The largest absolute Gasteiger partial charge is 0.266 e. The van der Waals surface area contributed by atoms with E-state index >= 15 is 0 Å². The zero-order valence-electron chi connectivity index (χ0n) is 18.1. The number of aryl methyl sites for hydroxylation is 1. The number of fused-ring (bicyclic) bond motifs is 1. The molecule has 0 saturated heterocycles. The van der Waals surface area contributed by atoms with Crippen molar-refractivity contribution in [3.05, 3.63) is 83.4 Å². The van der Waals surface area contributed by atoms with Crippen molar-refractivity contribution in [3.63, 3.8) is 0 Å². The quantitative estimate of drug-likeness (QED) is 0.371. The molecule has 3 aromatic carbocycles. The monoisotopic (exact) mass is 429 g/mol. The maximum atomic E-state index is 13.5. The minimum atomic E-state index is -3.63. The lowest BCUT2D eigenvalue weighted by Crippen LogP contribution is -2.29. The predicted octanol–water partition coefficient (Wildman–Crippen LogP) is 5.96. The summed E-state index contributed by atoms with van der Waals surface area (Å²) in [6.07, 6.45) is 3.71. The fourth-order valence-electron chi connectivity index (χ4n) is 3.89. The standard InChI is InChI=1S/C27H27NO2S/c1-3-4-5-7-12-23-19-24(22-10-8-6-9-11-22)20-27-26(23)17-18-28(27)31(29,30)25-15-13-21(2)14-16-25/h6,8-11,13-16,19-20H,3-5,17-18H2,1-2H3. The minimum absolute atomic E-state index is 0.326. The van der Waals surface area contributed by atoms with E-state index in [1.807, 2.05) is 55.5 Å². The Balaban J connectivity index is 1.82. The van der Waals surface area contributed by atoms with Crippen molar-refractivity contribution in [2.45, 2.75) is 44.4 Å². The Morgan fingerprint density at radius 1 is 0.968 bits per heavy atom. The Labute approximate surface area is 185 Å². The number of hydrogen-bond donors (Lipinski definition) is 0. The van der Waals surface area contributed by atoms with Crippen LogP contribution in [0.2, 0.25) is 0 Å². The smallest absolute Gasteiger partial charge is 0.264 e. The van der Waals surface area contributed by atoms with Crippen LogP contribution in [0.3, 0.4) is 0 Å². The molecule has 0 saturated carbocycles. The van der Waals surface area contributed by atoms with Gasteiger partial charge in [-0.1, -0.05) is 73.2 Å². The van der Waals surface area contributed by atoms with E-state index in [2.05, 4.69) is 24.8 Å². The summed E-state index contributed by atoms with van der Waals surface area (Å²) in [5.74, 6) is 6.62. The Hall–Kier alpha value is -3.03. The minimum Gasteiger partial charge on any atom is -0.266 e. The molecule has 0 bridgehead atoms. The highest BCUT2D eigenvalue weighted by molar-refractivity contribution is 7.92. The second-order valence-corrected chi connectivity index (χ2v) is 9.80. The molecule has 0 fully saturated rings. The van der Waals surface area contributed by atoms with Gasteiger partial charge in [0.2, 0.25) is 0 Å². The van der Waals surface area contributed by atoms with Crippen molar-refractivity contribution in [2.24, 2.45) is 0 Å². The average molecular weight is 430 g/mol. The second-order valence-electron chi connectivity index (χ2n) is 7.93. The molecule has 1 aliphatic heterocycles. The van der Waals surface area contributed by atoms with Crippen molar-refractivity contribution >= 4 is 15.7 Å².